The van der Waals surface area contributed by atoms with Gasteiger partial charge in [0.2, 0.25) is 0 Å². The van der Waals surface area contributed by atoms with Crippen molar-refractivity contribution in [1.29, 1.82) is 0 Å². The first kappa shape index (κ1) is 21.1. The minimum absolute atomic E-state index is 0.394. The molecular formula is C29H38O2. The van der Waals surface area contributed by atoms with Crippen LogP contribution in [0.3, 0.4) is 0 Å². The highest BCUT2D eigenvalue weighted by molar-refractivity contribution is 5.41. The molecule has 0 unspecified atom stereocenters. The molecule has 2 aromatic carbocycles. The molecule has 0 spiro atoms. The number of hydrogen-bond donors (Lipinski definition) is 0. The van der Waals surface area contributed by atoms with E-state index in [-0.39, 0.29) is 0 Å². The highest BCUT2D eigenvalue weighted by atomic mass is 16.5. The summed E-state index contributed by atoms with van der Waals surface area (Å²) in [6, 6.07) is 17.4. The monoisotopic (exact) mass is 418 g/mol. The average molecular weight is 419 g/mol. The third-order valence-corrected chi connectivity index (χ3v) is 8.68. The van der Waals surface area contributed by atoms with Crippen LogP contribution in [0.25, 0.3) is 0 Å². The number of unbranched alkanes of at least 4 members (excludes halogenated alkanes) is 1. The average Bonchev–Trinajstić information content (AvgIpc) is 3.14. The van der Waals surface area contributed by atoms with Crippen molar-refractivity contribution in [3.8, 4) is 5.75 Å². The van der Waals surface area contributed by atoms with E-state index < -0.39 is 0 Å². The van der Waals surface area contributed by atoms with Crippen LogP contribution in [-0.4, -0.2) is 12.7 Å². The first-order valence-electron chi connectivity index (χ1n) is 12.6. The Morgan fingerprint density at radius 2 is 1.87 bits per heavy atom. The van der Waals surface area contributed by atoms with Crippen molar-refractivity contribution in [2.75, 3.05) is 6.61 Å². The molecule has 5 atom stereocenters. The predicted molar refractivity (Wildman–Crippen MR) is 126 cm³/mol. The minimum Gasteiger partial charge on any atom is -0.489 e. The Kier molecular flexibility index (Phi) is 6.10. The van der Waals surface area contributed by atoms with Gasteiger partial charge in [0.25, 0.3) is 0 Å². The Bertz CT molecular complexity index is 876. The van der Waals surface area contributed by atoms with Crippen molar-refractivity contribution in [3.05, 3.63) is 65.2 Å². The fraction of sp³-hybridized carbons (Fsp3) is 0.586. The van der Waals surface area contributed by atoms with Crippen molar-refractivity contribution in [1.82, 2.24) is 0 Å². The summed E-state index contributed by atoms with van der Waals surface area (Å²) in [6.45, 7) is 6.40. The second-order valence-corrected chi connectivity index (χ2v) is 10.4. The van der Waals surface area contributed by atoms with Crippen LogP contribution in [-0.2, 0) is 17.8 Å². The van der Waals surface area contributed by atoms with E-state index in [1.54, 1.807) is 5.56 Å². The molecule has 2 aromatic rings. The molecule has 0 aromatic heterocycles. The highest BCUT2D eigenvalue weighted by Crippen LogP contribution is 2.61. The van der Waals surface area contributed by atoms with Gasteiger partial charge in [0.1, 0.15) is 12.4 Å². The number of benzene rings is 2. The van der Waals surface area contributed by atoms with Gasteiger partial charge in [0.05, 0.1) is 6.10 Å². The lowest BCUT2D eigenvalue weighted by Gasteiger charge is -2.50. The molecule has 0 heterocycles. The summed E-state index contributed by atoms with van der Waals surface area (Å²) < 4.78 is 12.6. The van der Waals surface area contributed by atoms with Crippen LogP contribution in [0.2, 0.25) is 0 Å². The molecule has 2 heteroatoms. The maximum Gasteiger partial charge on any atom is 0.120 e. The van der Waals surface area contributed by atoms with E-state index in [2.05, 4.69) is 62.4 Å². The first-order valence-corrected chi connectivity index (χ1v) is 12.6. The lowest BCUT2D eigenvalue weighted by Crippen LogP contribution is -2.44. The van der Waals surface area contributed by atoms with Crippen LogP contribution in [0.4, 0.5) is 0 Å². The molecule has 2 saturated carbocycles. The summed E-state index contributed by atoms with van der Waals surface area (Å²) in [5, 5.41) is 0. The third-order valence-electron chi connectivity index (χ3n) is 8.68. The van der Waals surface area contributed by atoms with Crippen LogP contribution >= 0.6 is 0 Å². The topological polar surface area (TPSA) is 18.5 Å². The Morgan fingerprint density at radius 1 is 1.00 bits per heavy atom. The van der Waals surface area contributed by atoms with Crippen LogP contribution in [0.1, 0.15) is 81.4 Å². The Labute approximate surface area is 188 Å². The van der Waals surface area contributed by atoms with Gasteiger partial charge in [-0.1, -0.05) is 56.7 Å². The molecule has 0 aliphatic heterocycles. The highest BCUT2D eigenvalue weighted by Gasteiger charge is 2.55. The maximum atomic E-state index is 6.43. The minimum atomic E-state index is 0.394. The van der Waals surface area contributed by atoms with Crippen molar-refractivity contribution >= 4 is 0 Å². The van der Waals surface area contributed by atoms with E-state index in [9.17, 15) is 0 Å². The largest absolute Gasteiger partial charge is 0.489 e. The number of ether oxygens (including phenoxy) is 2. The van der Waals surface area contributed by atoms with Crippen LogP contribution in [0.5, 0.6) is 5.75 Å². The molecule has 0 radical (unpaired) electrons. The standard InChI is InChI=1S/C29H38O2/c1-3-4-18-30-28-15-14-27-26-12-10-22-19-23(31-20-21-8-6-5-7-9-21)11-13-24(22)25(26)16-17-29(27,28)2/h5-9,11,13,19,25-28H,3-4,10,12,14-18,20H2,1-2H3/t25-,26-,27+,28+,29+/m1/s1. The predicted octanol–water partition coefficient (Wildman–Crippen LogP) is 7.31. The van der Waals surface area contributed by atoms with Gasteiger partial charge in [-0.2, -0.15) is 0 Å². The molecular weight excluding hydrogens is 380 g/mol. The Morgan fingerprint density at radius 3 is 2.71 bits per heavy atom. The molecule has 166 valence electrons. The molecule has 0 N–H and O–H groups in total. The smallest absolute Gasteiger partial charge is 0.120 e. The van der Waals surface area contributed by atoms with Crippen molar-refractivity contribution in [3.63, 3.8) is 0 Å². The van der Waals surface area contributed by atoms with Gasteiger partial charge >= 0.3 is 0 Å². The van der Waals surface area contributed by atoms with Gasteiger partial charge in [-0.15, -0.1) is 0 Å². The number of rotatable bonds is 7. The summed E-state index contributed by atoms with van der Waals surface area (Å²) in [7, 11) is 0. The number of fused-ring (bicyclic) bond motifs is 5. The second kappa shape index (κ2) is 8.98. The fourth-order valence-electron chi connectivity index (χ4n) is 6.99. The molecule has 3 aliphatic rings. The van der Waals surface area contributed by atoms with Gasteiger partial charge in [0.15, 0.2) is 0 Å². The first-order chi connectivity index (χ1) is 15.2. The zero-order chi connectivity index (χ0) is 21.3. The van der Waals surface area contributed by atoms with Crippen LogP contribution in [0.15, 0.2) is 48.5 Å². The maximum absolute atomic E-state index is 6.43. The zero-order valence-corrected chi connectivity index (χ0v) is 19.3. The van der Waals surface area contributed by atoms with E-state index >= 15 is 0 Å². The molecule has 5 rings (SSSR count). The van der Waals surface area contributed by atoms with E-state index in [1.807, 2.05) is 0 Å². The lowest BCUT2D eigenvalue weighted by molar-refractivity contribution is -0.0644. The van der Waals surface area contributed by atoms with Crippen LogP contribution in [0, 0.1) is 17.3 Å². The summed E-state index contributed by atoms with van der Waals surface area (Å²) >= 11 is 0. The van der Waals surface area contributed by atoms with Crippen molar-refractivity contribution in [2.45, 2.75) is 83.8 Å². The third kappa shape index (κ3) is 4.04. The Balaban J connectivity index is 1.28. The van der Waals surface area contributed by atoms with E-state index in [0.717, 1.165) is 30.1 Å². The zero-order valence-electron chi connectivity index (χ0n) is 19.3. The van der Waals surface area contributed by atoms with Gasteiger partial charge in [-0.25, -0.2) is 0 Å². The van der Waals surface area contributed by atoms with Gasteiger partial charge in [-0.3, -0.25) is 0 Å². The molecule has 2 fully saturated rings. The quantitative estimate of drug-likeness (QED) is 0.439. The van der Waals surface area contributed by atoms with Gasteiger partial charge in [0, 0.05) is 6.61 Å². The number of aryl methyl sites for hydroxylation is 1. The van der Waals surface area contributed by atoms with Gasteiger partial charge in [-0.05, 0) is 96.9 Å². The summed E-state index contributed by atoms with van der Waals surface area (Å²) in [4.78, 5) is 0. The normalized spacial score (nSPS) is 31.5. The molecule has 2 nitrogen and oxygen atoms in total. The van der Waals surface area contributed by atoms with Crippen molar-refractivity contribution < 1.29 is 9.47 Å². The van der Waals surface area contributed by atoms with E-state index in [1.165, 1.54) is 62.5 Å². The Hall–Kier alpha value is -1.80. The summed E-state index contributed by atoms with van der Waals surface area (Å²) in [5.41, 5.74) is 4.76. The van der Waals surface area contributed by atoms with E-state index in [0.29, 0.717) is 18.1 Å². The lowest BCUT2D eigenvalue weighted by atomic mass is 9.55. The molecule has 0 amide bonds. The van der Waals surface area contributed by atoms with Crippen molar-refractivity contribution in [2.24, 2.45) is 17.3 Å². The molecule has 0 saturated heterocycles. The molecule has 31 heavy (non-hydrogen) atoms. The summed E-state index contributed by atoms with van der Waals surface area (Å²) in [5.74, 6) is 3.42. The second-order valence-electron chi connectivity index (χ2n) is 10.4. The summed E-state index contributed by atoms with van der Waals surface area (Å²) in [6.07, 6.45) is 10.7. The van der Waals surface area contributed by atoms with Gasteiger partial charge < -0.3 is 9.47 Å². The SMILES string of the molecule is CCCCO[C@H]1CC[C@H]2[C@@H]3CCc4cc(OCc5ccccc5)ccc4[C@H]3CC[C@]12C. The van der Waals surface area contributed by atoms with Crippen LogP contribution < -0.4 is 4.74 Å². The fourth-order valence-corrected chi connectivity index (χ4v) is 6.99. The molecule has 3 aliphatic carbocycles. The molecule has 0 bridgehead atoms. The van der Waals surface area contributed by atoms with E-state index in [4.69, 9.17) is 9.47 Å². The number of hydrogen-bond acceptors (Lipinski definition) is 2.